The number of aliphatic carboxylic acids is 2. The van der Waals surface area contributed by atoms with Crippen LogP contribution in [0.15, 0.2) is 41.8 Å². The number of hydrogen-bond donors (Lipinski definition) is 3. The largest absolute Gasteiger partial charge is 0.490 e. The van der Waals surface area contributed by atoms with Gasteiger partial charge in [-0.25, -0.2) is 14.0 Å². The number of amides is 1. The third-order valence-electron chi connectivity index (χ3n) is 6.28. The van der Waals surface area contributed by atoms with E-state index in [1.807, 2.05) is 23.6 Å². The van der Waals surface area contributed by atoms with Crippen molar-refractivity contribution in [2.75, 3.05) is 33.2 Å². The number of morpholine rings is 1. The molecule has 3 N–H and O–H groups in total. The van der Waals surface area contributed by atoms with Gasteiger partial charge >= 0.3 is 24.3 Å². The maximum atomic E-state index is 13.4. The molecular formula is C26H30F7N3O6S. The molecule has 0 aliphatic carbocycles. The summed E-state index contributed by atoms with van der Waals surface area (Å²) in [5.41, 5.74) is 0.713. The molecule has 2 saturated heterocycles. The molecule has 1 atom stereocenters. The van der Waals surface area contributed by atoms with E-state index in [1.165, 1.54) is 6.07 Å². The van der Waals surface area contributed by atoms with E-state index in [4.69, 9.17) is 24.5 Å². The number of alkyl halides is 6. The van der Waals surface area contributed by atoms with Gasteiger partial charge in [0.15, 0.2) is 0 Å². The number of carboxylic acids is 2. The van der Waals surface area contributed by atoms with Gasteiger partial charge in [0.25, 0.3) is 5.91 Å². The van der Waals surface area contributed by atoms with E-state index in [0.29, 0.717) is 13.1 Å². The van der Waals surface area contributed by atoms with Crippen LogP contribution < -0.4 is 5.32 Å². The Morgan fingerprint density at radius 1 is 1.02 bits per heavy atom. The molecule has 3 heterocycles. The van der Waals surface area contributed by atoms with Gasteiger partial charge in [-0.2, -0.15) is 26.3 Å². The second-order valence-corrected chi connectivity index (χ2v) is 10.8. The van der Waals surface area contributed by atoms with Crippen molar-refractivity contribution < 1.29 is 60.1 Å². The summed E-state index contributed by atoms with van der Waals surface area (Å²) in [5, 5.41) is 19.3. The Hall–Kier alpha value is -3.28. The third-order valence-corrected chi connectivity index (χ3v) is 7.16. The highest BCUT2D eigenvalue weighted by Gasteiger charge is 2.44. The number of carbonyl (C=O) groups excluding carboxylic acids is 1. The highest BCUT2D eigenvalue weighted by atomic mass is 32.1. The number of thiophene rings is 1. The zero-order valence-electron chi connectivity index (χ0n) is 22.8. The maximum absolute atomic E-state index is 13.4. The SMILES string of the molecule is CN1CC(C(=O)NCc2cccs2)OC2(CCN(Cc3cccc(F)c3)CC2)C1.O=C(O)C(F)(F)F.O=C(O)C(F)(F)F. The Labute approximate surface area is 245 Å². The van der Waals surface area contributed by atoms with Crippen LogP contribution >= 0.6 is 11.3 Å². The van der Waals surface area contributed by atoms with E-state index in [0.717, 1.165) is 49.5 Å². The van der Waals surface area contributed by atoms with Crippen LogP contribution in [0.25, 0.3) is 0 Å². The van der Waals surface area contributed by atoms with Crippen LogP contribution in [0.5, 0.6) is 0 Å². The first kappa shape index (κ1) is 35.9. The van der Waals surface area contributed by atoms with Crippen molar-refractivity contribution in [2.45, 2.75) is 50.0 Å². The Morgan fingerprint density at radius 2 is 1.60 bits per heavy atom. The minimum Gasteiger partial charge on any atom is -0.475 e. The van der Waals surface area contributed by atoms with E-state index in [1.54, 1.807) is 23.5 Å². The van der Waals surface area contributed by atoms with Gasteiger partial charge in [-0.05, 0) is 49.0 Å². The first-order chi connectivity index (χ1) is 19.9. The first-order valence-electron chi connectivity index (χ1n) is 12.6. The van der Waals surface area contributed by atoms with Gasteiger partial charge < -0.3 is 25.2 Å². The quantitative estimate of drug-likeness (QED) is 0.416. The molecule has 2 aliphatic heterocycles. The van der Waals surface area contributed by atoms with Gasteiger partial charge in [0.2, 0.25) is 0 Å². The van der Waals surface area contributed by atoms with Gasteiger partial charge in [-0.1, -0.05) is 18.2 Å². The molecule has 1 aromatic heterocycles. The fourth-order valence-corrected chi connectivity index (χ4v) is 4.99. The standard InChI is InChI=1S/C22H28FN3O2S.2C2HF3O2/c1-25-15-20(21(27)24-13-19-6-3-11-29-19)28-22(16-25)7-9-26(10-8-22)14-17-4-2-5-18(23)12-17;2*3-2(4,5)1(6)7/h2-6,11-12,20H,7-10,13-16H2,1H3,(H,24,27);2*(H,6,7). The van der Waals surface area contributed by atoms with Gasteiger partial charge in [-0.15, -0.1) is 11.3 Å². The Balaban J connectivity index is 0.000000384. The van der Waals surface area contributed by atoms with Gasteiger partial charge in [0.1, 0.15) is 11.9 Å². The minimum atomic E-state index is -5.08. The van der Waals surface area contributed by atoms with Crippen molar-refractivity contribution in [2.24, 2.45) is 0 Å². The van der Waals surface area contributed by atoms with Gasteiger partial charge in [0.05, 0.1) is 12.1 Å². The molecule has 17 heteroatoms. The number of likely N-dealkylation sites (tertiary alicyclic amines) is 1. The van der Waals surface area contributed by atoms with Crippen molar-refractivity contribution >= 4 is 29.2 Å². The number of hydrogen-bond acceptors (Lipinski definition) is 7. The molecule has 240 valence electrons. The second kappa shape index (κ2) is 15.4. The predicted molar refractivity (Wildman–Crippen MR) is 140 cm³/mol. The topological polar surface area (TPSA) is 119 Å². The van der Waals surface area contributed by atoms with Crippen LogP contribution in [0.4, 0.5) is 30.7 Å². The Kier molecular flexibility index (Phi) is 12.9. The van der Waals surface area contributed by atoms with E-state index in [9.17, 15) is 35.5 Å². The summed E-state index contributed by atoms with van der Waals surface area (Å²) in [5.74, 6) is -5.74. The number of ether oxygens (including phenoxy) is 1. The molecule has 1 amide bonds. The van der Waals surface area contributed by atoms with Crippen LogP contribution in [0.3, 0.4) is 0 Å². The summed E-state index contributed by atoms with van der Waals surface area (Å²) in [4.78, 5) is 36.2. The summed E-state index contributed by atoms with van der Waals surface area (Å²) < 4.78 is 83.3. The molecule has 2 aliphatic rings. The monoisotopic (exact) mass is 645 g/mol. The number of benzene rings is 1. The van der Waals surface area contributed by atoms with Crippen LogP contribution in [0.1, 0.15) is 23.3 Å². The van der Waals surface area contributed by atoms with Crippen LogP contribution in [0, 0.1) is 5.82 Å². The molecule has 2 aromatic rings. The number of piperidine rings is 1. The lowest BCUT2D eigenvalue weighted by atomic mass is 9.88. The van der Waals surface area contributed by atoms with Crippen LogP contribution in [-0.2, 0) is 32.2 Å². The number of halogens is 7. The molecule has 1 aromatic carbocycles. The third kappa shape index (κ3) is 12.5. The smallest absolute Gasteiger partial charge is 0.475 e. The second-order valence-electron chi connectivity index (χ2n) is 9.80. The minimum absolute atomic E-state index is 0.0356. The zero-order chi connectivity index (χ0) is 32.4. The zero-order valence-corrected chi connectivity index (χ0v) is 23.6. The van der Waals surface area contributed by atoms with Crippen molar-refractivity contribution in [3.8, 4) is 0 Å². The molecule has 0 saturated carbocycles. The van der Waals surface area contributed by atoms with Crippen molar-refractivity contribution in [1.29, 1.82) is 0 Å². The molecule has 1 unspecified atom stereocenters. The van der Waals surface area contributed by atoms with Crippen LogP contribution in [-0.4, -0.2) is 95.1 Å². The van der Waals surface area contributed by atoms with Crippen LogP contribution in [0.2, 0.25) is 0 Å². The maximum Gasteiger partial charge on any atom is 0.490 e. The number of rotatable bonds is 5. The molecule has 0 radical (unpaired) electrons. The molecule has 0 bridgehead atoms. The number of nitrogens with one attached hydrogen (secondary N) is 1. The Bertz CT molecular complexity index is 1180. The lowest BCUT2D eigenvalue weighted by molar-refractivity contribution is -0.193. The summed E-state index contributed by atoms with van der Waals surface area (Å²) >= 11 is 1.64. The first-order valence-corrected chi connectivity index (χ1v) is 13.5. The lowest BCUT2D eigenvalue weighted by Crippen LogP contribution is -2.61. The lowest BCUT2D eigenvalue weighted by Gasteiger charge is -2.48. The summed E-state index contributed by atoms with van der Waals surface area (Å²) in [7, 11) is 2.06. The highest BCUT2D eigenvalue weighted by Crippen LogP contribution is 2.32. The average Bonchev–Trinajstić information content (AvgIpc) is 3.42. The summed E-state index contributed by atoms with van der Waals surface area (Å²) in [6.45, 7) is 4.52. The number of nitrogens with zero attached hydrogens (tertiary/aromatic N) is 2. The fourth-order valence-electron chi connectivity index (χ4n) is 4.34. The summed E-state index contributed by atoms with van der Waals surface area (Å²) in [6.07, 6.45) is -8.86. The molecule has 1 spiro atoms. The summed E-state index contributed by atoms with van der Waals surface area (Å²) in [6, 6.07) is 10.8. The molecule has 4 rings (SSSR count). The van der Waals surface area contributed by atoms with Gasteiger partial charge in [0, 0.05) is 37.6 Å². The van der Waals surface area contributed by atoms with Gasteiger partial charge in [-0.3, -0.25) is 9.69 Å². The number of carbonyl (C=O) groups is 3. The molecular weight excluding hydrogens is 615 g/mol. The average molecular weight is 646 g/mol. The fraction of sp³-hybridized carbons (Fsp3) is 0.500. The van der Waals surface area contributed by atoms with E-state index < -0.39 is 30.4 Å². The Morgan fingerprint density at radius 3 is 2.09 bits per heavy atom. The van der Waals surface area contributed by atoms with E-state index in [2.05, 4.69) is 22.2 Å². The molecule has 9 nitrogen and oxygen atoms in total. The van der Waals surface area contributed by atoms with Crippen molar-refractivity contribution in [3.05, 3.63) is 58.0 Å². The number of carboxylic acid groups (broad SMARTS) is 2. The van der Waals surface area contributed by atoms with Crippen molar-refractivity contribution in [3.63, 3.8) is 0 Å². The molecule has 2 fully saturated rings. The number of likely N-dealkylation sites (N-methyl/N-ethyl adjacent to an activating group) is 1. The van der Waals surface area contributed by atoms with E-state index in [-0.39, 0.29) is 17.3 Å². The predicted octanol–water partition coefficient (Wildman–Crippen LogP) is 4.14. The molecule has 43 heavy (non-hydrogen) atoms. The van der Waals surface area contributed by atoms with E-state index >= 15 is 0 Å². The van der Waals surface area contributed by atoms with Crippen molar-refractivity contribution in [1.82, 2.24) is 15.1 Å². The highest BCUT2D eigenvalue weighted by molar-refractivity contribution is 7.09. The normalized spacial score (nSPS) is 18.9.